The summed E-state index contributed by atoms with van der Waals surface area (Å²) in [5, 5.41) is 1.46. The highest BCUT2D eigenvalue weighted by atomic mass is 28.3. The summed E-state index contributed by atoms with van der Waals surface area (Å²) in [4.78, 5) is 0. The minimum absolute atomic E-state index is 1.11. The van der Waals surface area contributed by atoms with E-state index in [1.807, 2.05) is 0 Å². The molecule has 0 aromatic heterocycles. The van der Waals surface area contributed by atoms with Gasteiger partial charge in [-0.1, -0.05) is 63.8 Å². The van der Waals surface area contributed by atoms with Crippen molar-refractivity contribution in [2.75, 3.05) is 0 Å². The number of rotatable bonds is 4. The Hall–Kier alpha value is -1.04. The van der Waals surface area contributed by atoms with Gasteiger partial charge in [0.15, 0.2) is 0 Å². The molecule has 0 fully saturated rings. The monoisotopic (exact) mass is 244 g/mol. The molecule has 0 unspecified atom stereocenters. The van der Waals surface area contributed by atoms with Gasteiger partial charge in [0.1, 0.15) is 0 Å². The van der Waals surface area contributed by atoms with Crippen LogP contribution in [0.4, 0.5) is 0 Å². The predicted molar refractivity (Wildman–Crippen MR) is 80.8 cm³/mol. The Morgan fingerprint density at radius 1 is 1.00 bits per heavy atom. The number of benzene rings is 1. The normalized spacial score (nSPS) is 10.9. The smallest absolute Gasteiger partial charge is 0.0883 e. The van der Waals surface area contributed by atoms with Crippen molar-refractivity contribution in [3.63, 3.8) is 0 Å². The van der Waals surface area contributed by atoms with Crippen LogP contribution in [0.5, 0.6) is 0 Å². The van der Waals surface area contributed by atoms with E-state index in [2.05, 4.69) is 69.6 Å². The zero-order valence-corrected chi connectivity index (χ0v) is 12.8. The first kappa shape index (κ1) is 14.0. The van der Waals surface area contributed by atoms with Crippen molar-refractivity contribution >= 4 is 13.3 Å². The molecule has 0 spiro atoms. The molecule has 0 aliphatic heterocycles. The maximum Gasteiger partial charge on any atom is 0.0883 e. The minimum Gasteiger partial charge on any atom is -0.122 e. The largest absolute Gasteiger partial charge is 0.122 e. The summed E-state index contributed by atoms with van der Waals surface area (Å²) >= 11 is 0. The predicted octanol–water partition coefficient (Wildman–Crippen LogP) is 5.29. The highest BCUT2D eigenvalue weighted by Crippen LogP contribution is 2.25. The van der Waals surface area contributed by atoms with Gasteiger partial charge < -0.3 is 0 Å². The molecule has 1 aromatic rings. The van der Waals surface area contributed by atoms with Crippen LogP contribution in [-0.4, -0.2) is 8.07 Å². The van der Waals surface area contributed by atoms with Crippen molar-refractivity contribution in [2.45, 2.75) is 46.3 Å². The Bertz CT molecular complexity index is 409. The van der Waals surface area contributed by atoms with E-state index in [4.69, 9.17) is 0 Å². The second-order valence-corrected chi connectivity index (χ2v) is 10.4. The zero-order chi connectivity index (χ0) is 12.9. The van der Waals surface area contributed by atoms with Crippen molar-refractivity contribution < 1.29 is 0 Å². The summed E-state index contributed by atoms with van der Waals surface area (Å²) in [6.45, 7) is 11.6. The third-order valence-corrected chi connectivity index (χ3v) is 4.88. The molecule has 1 aromatic carbocycles. The third kappa shape index (κ3) is 4.03. The first-order chi connectivity index (χ1) is 7.99. The average molecular weight is 244 g/mol. The fourth-order valence-electron chi connectivity index (χ4n) is 1.90. The lowest BCUT2D eigenvalue weighted by molar-refractivity contribution is 0.983. The quantitative estimate of drug-likeness (QED) is 0.498. The van der Waals surface area contributed by atoms with Crippen LogP contribution in [0.15, 0.2) is 41.6 Å². The molecule has 0 atom stereocenters. The van der Waals surface area contributed by atoms with E-state index < -0.39 is 8.07 Å². The second kappa shape index (κ2) is 6.04. The maximum absolute atomic E-state index is 3.70. The average Bonchev–Trinajstić information content (AvgIpc) is 2.30. The Morgan fingerprint density at radius 2 is 1.53 bits per heavy atom. The fourth-order valence-corrected chi connectivity index (χ4v) is 3.49. The van der Waals surface area contributed by atoms with E-state index in [-0.39, 0.29) is 0 Å². The molecule has 17 heavy (non-hydrogen) atoms. The van der Waals surface area contributed by atoms with Crippen molar-refractivity contribution in [3.05, 3.63) is 47.2 Å². The van der Waals surface area contributed by atoms with Gasteiger partial charge in [-0.25, -0.2) is 0 Å². The Balaban J connectivity index is 3.39. The molecular weight excluding hydrogens is 220 g/mol. The highest BCUT2D eigenvalue weighted by Gasteiger charge is 2.20. The van der Waals surface area contributed by atoms with E-state index in [9.17, 15) is 0 Å². The summed E-state index contributed by atoms with van der Waals surface area (Å²) in [5.74, 6) is 0. The van der Waals surface area contributed by atoms with Crippen molar-refractivity contribution in [2.24, 2.45) is 0 Å². The molecule has 0 aliphatic rings. The van der Waals surface area contributed by atoms with Crippen LogP contribution in [0.25, 0.3) is 5.20 Å². The van der Waals surface area contributed by atoms with Crippen LogP contribution in [0.3, 0.4) is 0 Å². The van der Waals surface area contributed by atoms with Crippen molar-refractivity contribution in [1.82, 2.24) is 0 Å². The molecule has 92 valence electrons. The van der Waals surface area contributed by atoms with Crippen LogP contribution >= 0.6 is 0 Å². The second-order valence-electron chi connectivity index (χ2n) is 5.43. The van der Waals surface area contributed by atoms with Gasteiger partial charge >= 0.3 is 0 Å². The van der Waals surface area contributed by atoms with Crippen molar-refractivity contribution in [1.29, 1.82) is 0 Å². The molecule has 0 nitrogen and oxygen atoms in total. The third-order valence-electron chi connectivity index (χ3n) is 2.97. The molecule has 0 aliphatic carbocycles. The molecule has 0 amide bonds. The van der Waals surface area contributed by atoms with Crippen LogP contribution in [0.2, 0.25) is 19.6 Å². The van der Waals surface area contributed by atoms with Gasteiger partial charge in [-0.15, -0.1) is 5.73 Å². The molecule has 0 radical (unpaired) electrons. The van der Waals surface area contributed by atoms with E-state index in [1.54, 1.807) is 0 Å². The van der Waals surface area contributed by atoms with E-state index >= 15 is 0 Å². The van der Waals surface area contributed by atoms with Crippen LogP contribution in [0.1, 0.15) is 32.3 Å². The van der Waals surface area contributed by atoms with Crippen LogP contribution in [-0.2, 0) is 0 Å². The van der Waals surface area contributed by atoms with E-state index in [0.29, 0.717) is 0 Å². The van der Waals surface area contributed by atoms with E-state index in [0.717, 1.165) is 12.8 Å². The number of hydrogen-bond donors (Lipinski definition) is 0. The molecule has 0 saturated heterocycles. The van der Waals surface area contributed by atoms with Gasteiger partial charge in [-0.2, -0.15) is 0 Å². The molecule has 0 N–H and O–H groups in total. The minimum atomic E-state index is -1.34. The summed E-state index contributed by atoms with van der Waals surface area (Å²) in [5.41, 5.74) is 6.49. The van der Waals surface area contributed by atoms with Crippen LogP contribution in [0, 0.1) is 0 Å². The highest BCUT2D eigenvalue weighted by molar-refractivity contribution is 6.93. The topological polar surface area (TPSA) is 0 Å². The molecule has 0 saturated carbocycles. The fraction of sp³-hybridized carbons (Fsp3) is 0.438. The molecule has 0 heterocycles. The Kier molecular flexibility index (Phi) is 4.98. The first-order valence-electron chi connectivity index (χ1n) is 6.53. The SMILES string of the molecule is CCC(=C=C(c1ccccc1)[Si](C)(C)C)CC. The van der Waals surface area contributed by atoms with Crippen LogP contribution < -0.4 is 0 Å². The van der Waals surface area contributed by atoms with E-state index in [1.165, 1.54) is 16.3 Å². The maximum atomic E-state index is 3.70. The molecule has 1 heteroatoms. The Morgan fingerprint density at radius 3 is 1.94 bits per heavy atom. The molecule has 1 rings (SSSR count). The van der Waals surface area contributed by atoms with Gasteiger partial charge in [-0.3, -0.25) is 0 Å². The lowest BCUT2D eigenvalue weighted by Crippen LogP contribution is -2.22. The number of allylic oxidation sites excluding steroid dienone is 1. The summed E-state index contributed by atoms with van der Waals surface area (Å²) in [7, 11) is -1.34. The summed E-state index contributed by atoms with van der Waals surface area (Å²) < 4.78 is 0. The summed E-state index contributed by atoms with van der Waals surface area (Å²) in [6.07, 6.45) is 2.22. The van der Waals surface area contributed by atoms with Gasteiger partial charge in [0.25, 0.3) is 0 Å². The zero-order valence-electron chi connectivity index (χ0n) is 11.8. The lowest BCUT2D eigenvalue weighted by atomic mass is 10.1. The van der Waals surface area contributed by atoms with Gasteiger partial charge in [0.05, 0.1) is 8.07 Å². The first-order valence-corrected chi connectivity index (χ1v) is 10.0. The molecule has 0 bridgehead atoms. The van der Waals surface area contributed by atoms with Gasteiger partial charge in [-0.05, 0) is 29.2 Å². The van der Waals surface area contributed by atoms with Gasteiger partial charge in [0.2, 0.25) is 0 Å². The summed E-state index contributed by atoms with van der Waals surface area (Å²) in [6, 6.07) is 10.7. The standard InChI is InChI=1S/C16H24Si/c1-6-14(7-2)13-16(17(3,4)5)15-11-9-8-10-12-15/h8-12H,6-7H2,1-5H3. The lowest BCUT2D eigenvalue weighted by Gasteiger charge is -2.19. The Labute approximate surface area is 107 Å². The number of hydrogen-bond acceptors (Lipinski definition) is 0. The molecular formula is C16H24Si. The van der Waals surface area contributed by atoms with Gasteiger partial charge in [0, 0.05) is 0 Å². The van der Waals surface area contributed by atoms with Crippen molar-refractivity contribution in [3.8, 4) is 0 Å².